The third-order valence-electron chi connectivity index (χ3n) is 4.29. The molecule has 0 aliphatic heterocycles. The summed E-state index contributed by atoms with van der Waals surface area (Å²) in [6.07, 6.45) is 0.587. The first kappa shape index (κ1) is 21.9. The predicted molar refractivity (Wildman–Crippen MR) is 110 cm³/mol. The lowest BCUT2D eigenvalue weighted by molar-refractivity contribution is -0.385. The highest BCUT2D eigenvalue weighted by molar-refractivity contribution is 7.92. The van der Waals surface area contributed by atoms with Gasteiger partial charge in [-0.1, -0.05) is 30.3 Å². The maximum Gasteiger partial charge on any atom is 0.270 e. The summed E-state index contributed by atoms with van der Waals surface area (Å²) < 4.78 is 32.9. The molecule has 0 saturated carbocycles. The van der Waals surface area contributed by atoms with Crippen molar-refractivity contribution in [1.29, 1.82) is 0 Å². The zero-order valence-electron chi connectivity index (χ0n) is 16.7. The standard InChI is InChI=1S/C19H19N5O6S/c1-3-17-20-18(30-21-17)12-23(2)19(25)15-9-4-5-10-16(15)22-31(28,29)14-8-6-7-13(11-14)24(26)27/h4-11,22H,3,12H2,1-2H3. The van der Waals surface area contributed by atoms with Crippen LogP contribution in [0.1, 0.15) is 29.0 Å². The van der Waals surface area contributed by atoms with Gasteiger partial charge in [0.05, 0.1) is 27.6 Å². The van der Waals surface area contributed by atoms with Crippen molar-refractivity contribution in [1.82, 2.24) is 15.0 Å². The van der Waals surface area contributed by atoms with E-state index in [1.165, 1.54) is 42.3 Å². The first-order valence-electron chi connectivity index (χ1n) is 9.14. The van der Waals surface area contributed by atoms with E-state index in [1.54, 1.807) is 12.1 Å². The Morgan fingerprint density at radius 2 is 1.97 bits per heavy atom. The van der Waals surface area contributed by atoms with Gasteiger partial charge in [0.2, 0.25) is 5.89 Å². The first-order valence-corrected chi connectivity index (χ1v) is 10.6. The maximum atomic E-state index is 12.9. The van der Waals surface area contributed by atoms with E-state index in [4.69, 9.17) is 4.52 Å². The number of para-hydroxylation sites is 1. The van der Waals surface area contributed by atoms with Gasteiger partial charge in [0.1, 0.15) is 0 Å². The number of anilines is 1. The molecule has 1 N–H and O–H groups in total. The normalized spacial score (nSPS) is 11.2. The van der Waals surface area contributed by atoms with Crippen LogP contribution in [0.4, 0.5) is 11.4 Å². The van der Waals surface area contributed by atoms with Crippen LogP contribution in [0.15, 0.2) is 57.9 Å². The van der Waals surface area contributed by atoms with E-state index < -0.39 is 20.9 Å². The number of benzene rings is 2. The van der Waals surface area contributed by atoms with E-state index in [1.807, 2.05) is 6.92 Å². The summed E-state index contributed by atoms with van der Waals surface area (Å²) in [6.45, 7) is 1.91. The molecule has 0 spiro atoms. The zero-order chi connectivity index (χ0) is 22.6. The Kier molecular flexibility index (Phi) is 6.30. The number of carbonyl (C=O) groups excluding carboxylic acids is 1. The molecule has 11 nitrogen and oxygen atoms in total. The summed E-state index contributed by atoms with van der Waals surface area (Å²) in [5, 5.41) is 14.7. The third kappa shape index (κ3) is 5.04. The van der Waals surface area contributed by atoms with Crippen LogP contribution < -0.4 is 4.72 Å². The summed E-state index contributed by atoms with van der Waals surface area (Å²) in [5.41, 5.74) is -0.238. The van der Waals surface area contributed by atoms with E-state index in [0.717, 1.165) is 6.07 Å². The van der Waals surface area contributed by atoms with Gasteiger partial charge in [0.25, 0.3) is 21.6 Å². The minimum atomic E-state index is -4.18. The quantitative estimate of drug-likeness (QED) is 0.411. The summed E-state index contributed by atoms with van der Waals surface area (Å²) in [7, 11) is -2.66. The molecule has 1 heterocycles. The predicted octanol–water partition coefficient (Wildman–Crippen LogP) is 2.61. The Labute approximate surface area is 177 Å². The van der Waals surface area contributed by atoms with Crippen molar-refractivity contribution < 1.29 is 22.7 Å². The van der Waals surface area contributed by atoms with Gasteiger partial charge in [-0.2, -0.15) is 4.98 Å². The van der Waals surface area contributed by atoms with Gasteiger partial charge in [-0.3, -0.25) is 19.6 Å². The molecule has 3 rings (SSSR count). The first-order chi connectivity index (χ1) is 14.7. The zero-order valence-corrected chi connectivity index (χ0v) is 17.5. The lowest BCUT2D eigenvalue weighted by Gasteiger charge is -2.18. The topological polar surface area (TPSA) is 149 Å². The van der Waals surface area contributed by atoms with Crippen LogP contribution in [-0.4, -0.2) is 41.3 Å². The lowest BCUT2D eigenvalue weighted by atomic mass is 10.1. The highest BCUT2D eigenvalue weighted by Gasteiger charge is 2.23. The molecule has 0 aliphatic carbocycles. The van der Waals surface area contributed by atoms with Gasteiger partial charge >= 0.3 is 0 Å². The van der Waals surface area contributed by atoms with Crippen LogP contribution in [0, 0.1) is 10.1 Å². The van der Waals surface area contributed by atoms with Crippen LogP contribution in [-0.2, 0) is 23.0 Å². The average Bonchev–Trinajstić information content (AvgIpc) is 3.21. The van der Waals surface area contributed by atoms with E-state index in [9.17, 15) is 23.3 Å². The van der Waals surface area contributed by atoms with Crippen LogP contribution in [0.2, 0.25) is 0 Å². The number of aromatic nitrogens is 2. The molecule has 0 bridgehead atoms. The SMILES string of the molecule is CCc1noc(CN(C)C(=O)c2ccccc2NS(=O)(=O)c2cccc([N+](=O)[O-])c2)n1. The molecule has 12 heteroatoms. The second-order valence-electron chi connectivity index (χ2n) is 6.52. The number of sulfonamides is 1. The molecule has 0 aliphatic rings. The van der Waals surface area contributed by atoms with Gasteiger partial charge in [0.15, 0.2) is 5.82 Å². The van der Waals surface area contributed by atoms with Gasteiger partial charge in [-0.25, -0.2) is 8.42 Å². The van der Waals surface area contributed by atoms with Crippen LogP contribution in [0.25, 0.3) is 0 Å². The summed E-state index contributed by atoms with van der Waals surface area (Å²) in [4.78, 5) is 28.4. The number of aryl methyl sites for hydroxylation is 1. The second kappa shape index (κ2) is 8.92. The number of non-ortho nitro benzene ring substituents is 1. The van der Waals surface area contributed by atoms with E-state index in [2.05, 4.69) is 14.9 Å². The van der Waals surface area contributed by atoms with Crippen molar-refractivity contribution in [3.63, 3.8) is 0 Å². The van der Waals surface area contributed by atoms with Crippen molar-refractivity contribution in [2.45, 2.75) is 24.8 Å². The highest BCUT2D eigenvalue weighted by atomic mass is 32.2. The number of amides is 1. The van der Waals surface area contributed by atoms with E-state index in [-0.39, 0.29) is 34.3 Å². The Hall–Kier alpha value is -3.80. The molecule has 0 saturated heterocycles. The minimum Gasteiger partial charge on any atom is -0.337 e. The molecule has 0 fully saturated rings. The molecular weight excluding hydrogens is 426 g/mol. The van der Waals surface area contributed by atoms with Crippen LogP contribution in [0.3, 0.4) is 0 Å². The molecule has 1 amide bonds. The number of nitrogens with one attached hydrogen (secondary N) is 1. The lowest BCUT2D eigenvalue weighted by Crippen LogP contribution is -2.27. The Morgan fingerprint density at radius 1 is 1.23 bits per heavy atom. The van der Waals surface area contributed by atoms with Gasteiger partial charge in [-0.15, -0.1) is 0 Å². The molecule has 31 heavy (non-hydrogen) atoms. The Bertz CT molecular complexity index is 1220. The molecular formula is C19H19N5O6S. The van der Waals surface area contributed by atoms with Crippen molar-refractivity contribution in [3.05, 3.63) is 75.9 Å². The number of nitro groups is 1. The van der Waals surface area contributed by atoms with Crippen molar-refractivity contribution in [3.8, 4) is 0 Å². The fourth-order valence-corrected chi connectivity index (χ4v) is 3.82. The molecule has 0 unspecified atom stereocenters. The van der Waals surface area contributed by atoms with Crippen molar-refractivity contribution in [2.24, 2.45) is 0 Å². The van der Waals surface area contributed by atoms with Crippen LogP contribution >= 0.6 is 0 Å². The molecule has 0 atom stereocenters. The Morgan fingerprint density at radius 3 is 2.65 bits per heavy atom. The highest BCUT2D eigenvalue weighted by Crippen LogP contribution is 2.24. The van der Waals surface area contributed by atoms with Gasteiger partial charge in [-0.05, 0) is 18.2 Å². The number of hydrogen-bond acceptors (Lipinski definition) is 8. The number of nitro benzene ring substituents is 1. The molecule has 0 radical (unpaired) electrons. The summed E-state index contributed by atoms with van der Waals surface area (Å²) >= 11 is 0. The molecule has 162 valence electrons. The average molecular weight is 445 g/mol. The summed E-state index contributed by atoms with van der Waals surface area (Å²) in [6, 6.07) is 10.7. The number of hydrogen-bond donors (Lipinski definition) is 1. The monoisotopic (exact) mass is 445 g/mol. The third-order valence-corrected chi connectivity index (χ3v) is 5.65. The van der Waals surface area contributed by atoms with E-state index in [0.29, 0.717) is 12.2 Å². The number of nitrogens with zero attached hydrogens (tertiary/aromatic N) is 4. The largest absolute Gasteiger partial charge is 0.337 e. The fourth-order valence-electron chi connectivity index (χ4n) is 2.70. The maximum absolute atomic E-state index is 12.9. The summed E-state index contributed by atoms with van der Waals surface area (Å²) in [5.74, 6) is 0.289. The number of carbonyl (C=O) groups is 1. The molecule has 3 aromatic rings. The second-order valence-corrected chi connectivity index (χ2v) is 8.21. The van der Waals surface area contributed by atoms with Crippen molar-refractivity contribution in [2.75, 3.05) is 11.8 Å². The molecule has 1 aromatic heterocycles. The Balaban J connectivity index is 1.84. The number of rotatable bonds is 8. The fraction of sp³-hybridized carbons (Fsp3) is 0.211. The minimum absolute atomic E-state index is 0.0330. The van der Waals surface area contributed by atoms with Crippen molar-refractivity contribution >= 4 is 27.3 Å². The van der Waals surface area contributed by atoms with E-state index >= 15 is 0 Å². The smallest absolute Gasteiger partial charge is 0.270 e. The van der Waals surface area contributed by atoms with Gasteiger partial charge in [0, 0.05) is 25.6 Å². The van der Waals surface area contributed by atoms with Gasteiger partial charge < -0.3 is 9.42 Å². The van der Waals surface area contributed by atoms with Crippen LogP contribution in [0.5, 0.6) is 0 Å². The molecule has 2 aromatic carbocycles.